The first-order valence-corrected chi connectivity index (χ1v) is 8.35. The van der Waals surface area contributed by atoms with Gasteiger partial charge in [-0.05, 0) is 38.5 Å². The van der Waals surface area contributed by atoms with Gasteiger partial charge < -0.3 is 10.2 Å². The van der Waals surface area contributed by atoms with Crippen LogP contribution in [-0.2, 0) is 4.79 Å². The predicted octanol–water partition coefficient (Wildman–Crippen LogP) is 4.96. The van der Waals surface area contributed by atoms with E-state index in [2.05, 4.69) is 43.4 Å². The molecule has 0 saturated carbocycles. The predicted molar refractivity (Wildman–Crippen MR) is 97.3 cm³/mol. The third kappa shape index (κ3) is 18.1. The normalized spacial score (nSPS) is 14.2. The Bertz CT molecular complexity index is 428. The molecule has 0 rings (SSSR count). The van der Waals surface area contributed by atoms with Gasteiger partial charge in [0.05, 0.1) is 6.10 Å². The van der Waals surface area contributed by atoms with Crippen molar-refractivity contribution in [1.29, 1.82) is 0 Å². The lowest BCUT2D eigenvalue weighted by atomic mass is 10.1. The zero-order valence-electron chi connectivity index (χ0n) is 14.1. The third-order valence-corrected chi connectivity index (χ3v) is 3.02. The summed E-state index contributed by atoms with van der Waals surface area (Å²) in [7, 11) is 0. The first kappa shape index (κ1) is 21.1. The topological polar surface area (TPSA) is 57.5 Å². The molecule has 0 heterocycles. The van der Waals surface area contributed by atoms with Crippen LogP contribution in [0.2, 0.25) is 0 Å². The molecule has 0 saturated heterocycles. The highest BCUT2D eigenvalue weighted by molar-refractivity contribution is 5.66. The summed E-state index contributed by atoms with van der Waals surface area (Å²) in [5.41, 5.74) is 0. The van der Waals surface area contributed by atoms with Crippen molar-refractivity contribution in [2.75, 3.05) is 0 Å². The van der Waals surface area contributed by atoms with Crippen LogP contribution in [0.5, 0.6) is 0 Å². The maximum Gasteiger partial charge on any atom is 0.303 e. The van der Waals surface area contributed by atoms with Crippen LogP contribution < -0.4 is 0 Å². The lowest BCUT2D eigenvalue weighted by Gasteiger charge is -2.02. The Balaban J connectivity index is 3.65. The summed E-state index contributed by atoms with van der Waals surface area (Å²) in [4.78, 5) is 10.3. The molecule has 128 valence electrons. The zero-order chi connectivity index (χ0) is 17.2. The molecule has 0 bridgehead atoms. The van der Waals surface area contributed by atoms with Gasteiger partial charge in [0.25, 0.3) is 0 Å². The minimum atomic E-state index is -0.819. The van der Waals surface area contributed by atoms with E-state index in [1.165, 1.54) is 0 Å². The fourth-order valence-corrected chi connectivity index (χ4v) is 1.79. The van der Waals surface area contributed by atoms with E-state index < -0.39 is 12.1 Å². The molecule has 0 aromatic heterocycles. The second-order valence-electron chi connectivity index (χ2n) is 5.20. The maximum absolute atomic E-state index is 10.3. The summed E-state index contributed by atoms with van der Waals surface area (Å²) < 4.78 is 0. The van der Waals surface area contributed by atoms with E-state index in [-0.39, 0.29) is 6.42 Å². The van der Waals surface area contributed by atoms with Crippen molar-refractivity contribution < 1.29 is 15.0 Å². The Hall–Kier alpha value is -1.87. The van der Waals surface area contributed by atoms with Crippen LogP contribution in [-0.4, -0.2) is 22.3 Å². The number of allylic oxidation sites excluding steroid dienone is 9. The molecule has 0 unspecified atom stereocenters. The molecular formula is C20H30O3. The van der Waals surface area contributed by atoms with Gasteiger partial charge in [-0.15, -0.1) is 0 Å². The molecule has 0 aromatic carbocycles. The highest BCUT2D eigenvalue weighted by Gasteiger charge is 2.01. The zero-order valence-corrected chi connectivity index (χ0v) is 14.1. The number of hydrogen-bond acceptors (Lipinski definition) is 2. The smallest absolute Gasteiger partial charge is 0.303 e. The second-order valence-corrected chi connectivity index (χ2v) is 5.20. The average molecular weight is 318 g/mol. The van der Waals surface area contributed by atoms with Crippen molar-refractivity contribution in [1.82, 2.24) is 0 Å². The highest BCUT2D eigenvalue weighted by Crippen LogP contribution is 2.02. The number of carboxylic acid groups (broad SMARTS) is 1. The van der Waals surface area contributed by atoms with Crippen molar-refractivity contribution >= 4 is 5.97 Å². The van der Waals surface area contributed by atoms with Crippen LogP contribution >= 0.6 is 0 Å². The summed E-state index contributed by atoms with van der Waals surface area (Å²) in [6, 6.07) is 0. The fraction of sp³-hybridized carbons (Fsp3) is 0.450. The number of aliphatic hydroxyl groups is 1. The second kappa shape index (κ2) is 16.5. The molecule has 2 N–H and O–H groups in total. The number of carboxylic acids is 1. The Labute approximate surface area is 140 Å². The van der Waals surface area contributed by atoms with E-state index in [4.69, 9.17) is 5.11 Å². The van der Waals surface area contributed by atoms with Crippen molar-refractivity contribution in [2.24, 2.45) is 0 Å². The Kier molecular flexibility index (Phi) is 15.2. The van der Waals surface area contributed by atoms with Gasteiger partial charge in [-0.25, -0.2) is 0 Å². The van der Waals surface area contributed by atoms with Crippen LogP contribution in [0.25, 0.3) is 0 Å². The van der Waals surface area contributed by atoms with Gasteiger partial charge in [0.15, 0.2) is 0 Å². The highest BCUT2D eigenvalue weighted by atomic mass is 16.4. The van der Waals surface area contributed by atoms with Crippen LogP contribution in [0, 0.1) is 0 Å². The van der Waals surface area contributed by atoms with Gasteiger partial charge in [-0.3, -0.25) is 4.79 Å². The van der Waals surface area contributed by atoms with E-state index >= 15 is 0 Å². The minimum absolute atomic E-state index is 0.106. The fourth-order valence-electron chi connectivity index (χ4n) is 1.79. The lowest BCUT2D eigenvalue weighted by Crippen LogP contribution is -2.03. The van der Waals surface area contributed by atoms with Crippen LogP contribution in [0.4, 0.5) is 0 Å². The van der Waals surface area contributed by atoms with Crippen LogP contribution in [0.1, 0.15) is 51.9 Å². The molecule has 23 heavy (non-hydrogen) atoms. The molecule has 1 atom stereocenters. The Morgan fingerprint density at radius 3 is 2.04 bits per heavy atom. The Morgan fingerprint density at radius 1 is 0.913 bits per heavy atom. The standard InChI is InChI=1S/C20H30O3/c1-2-3-4-5-6-7-8-9-10-11-12-13-14-16-19(21)17-15-18-20(22)23/h3-4,6-7,9-10,12-14,16,19,21H,2,5,8,11,15,17-18H2,1H3,(H,22,23)/b4-3+,7-6+,10-9-,13-12+,16-14+/t19-/m1/s1. The van der Waals surface area contributed by atoms with Gasteiger partial charge >= 0.3 is 5.97 Å². The molecule has 0 fully saturated rings. The summed E-state index contributed by atoms with van der Waals surface area (Å²) in [6.45, 7) is 2.13. The molecule has 0 aliphatic rings. The van der Waals surface area contributed by atoms with E-state index in [0.29, 0.717) is 12.8 Å². The average Bonchev–Trinajstić information content (AvgIpc) is 2.51. The quantitative estimate of drug-likeness (QED) is 0.372. The molecule has 0 aliphatic heterocycles. The summed E-state index contributed by atoms with van der Waals surface area (Å²) >= 11 is 0. The first-order chi connectivity index (χ1) is 11.2. The molecule has 0 spiro atoms. The van der Waals surface area contributed by atoms with Gasteiger partial charge in [0.1, 0.15) is 0 Å². The van der Waals surface area contributed by atoms with E-state index in [1.807, 2.05) is 12.2 Å². The molecule has 3 heteroatoms. The number of aliphatic hydroxyl groups excluding tert-OH is 1. The first-order valence-electron chi connectivity index (χ1n) is 8.35. The summed E-state index contributed by atoms with van der Waals surface area (Å²) in [5, 5.41) is 18.1. The van der Waals surface area contributed by atoms with Gasteiger partial charge in [-0.1, -0.05) is 67.7 Å². The third-order valence-electron chi connectivity index (χ3n) is 3.02. The monoisotopic (exact) mass is 318 g/mol. The van der Waals surface area contributed by atoms with E-state index in [0.717, 1.165) is 25.7 Å². The lowest BCUT2D eigenvalue weighted by molar-refractivity contribution is -0.137. The number of rotatable bonds is 13. The molecule has 0 amide bonds. The van der Waals surface area contributed by atoms with Crippen molar-refractivity contribution in [3.05, 3.63) is 60.8 Å². The van der Waals surface area contributed by atoms with Gasteiger partial charge in [-0.2, -0.15) is 0 Å². The van der Waals surface area contributed by atoms with Gasteiger partial charge in [0, 0.05) is 6.42 Å². The van der Waals surface area contributed by atoms with E-state index in [9.17, 15) is 9.90 Å². The molecule has 0 aliphatic carbocycles. The van der Waals surface area contributed by atoms with Crippen molar-refractivity contribution in [2.45, 2.75) is 58.0 Å². The Morgan fingerprint density at radius 2 is 1.48 bits per heavy atom. The molecular weight excluding hydrogens is 288 g/mol. The number of hydrogen-bond donors (Lipinski definition) is 2. The molecule has 0 aromatic rings. The summed E-state index contributed by atoms with van der Waals surface area (Å²) in [5.74, 6) is -0.819. The SMILES string of the molecule is CC/C=C/C/C=C/C/C=C\C/C=C/C=C/[C@@H](O)CCCC(=O)O. The largest absolute Gasteiger partial charge is 0.481 e. The maximum atomic E-state index is 10.3. The van der Waals surface area contributed by atoms with Crippen LogP contribution in [0.15, 0.2) is 60.8 Å². The van der Waals surface area contributed by atoms with E-state index in [1.54, 1.807) is 12.2 Å². The number of aliphatic carboxylic acids is 1. The minimum Gasteiger partial charge on any atom is -0.481 e. The molecule has 0 radical (unpaired) electrons. The summed E-state index contributed by atoms with van der Waals surface area (Å²) in [6.07, 6.45) is 24.7. The number of carbonyl (C=O) groups is 1. The van der Waals surface area contributed by atoms with Crippen LogP contribution in [0.3, 0.4) is 0 Å². The van der Waals surface area contributed by atoms with Crippen molar-refractivity contribution in [3.63, 3.8) is 0 Å². The molecule has 3 nitrogen and oxygen atoms in total. The van der Waals surface area contributed by atoms with Gasteiger partial charge in [0.2, 0.25) is 0 Å². The van der Waals surface area contributed by atoms with Crippen molar-refractivity contribution in [3.8, 4) is 0 Å².